The number of fused-ring (bicyclic) bond motifs is 1. The van der Waals surface area contributed by atoms with E-state index >= 15 is 0 Å². The number of likely N-dealkylation sites (tertiary alicyclic amines) is 1. The van der Waals surface area contributed by atoms with Gasteiger partial charge in [-0.2, -0.15) is 13.2 Å². The Hall–Kier alpha value is -2.02. The predicted molar refractivity (Wildman–Crippen MR) is 69.8 cm³/mol. The first-order chi connectivity index (χ1) is 9.73. The highest BCUT2D eigenvalue weighted by Crippen LogP contribution is 2.38. The number of halogens is 3. The van der Waals surface area contributed by atoms with Gasteiger partial charge >= 0.3 is 6.18 Å². The summed E-state index contributed by atoms with van der Waals surface area (Å²) in [5, 5.41) is 10.1. The van der Waals surface area contributed by atoms with Crippen LogP contribution < -0.4 is 0 Å². The normalized spacial score (nSPS) is 17.9. The van der Waals surface area contributed by atoms with Gasteiger partial charge in [-0.1, -0.05) is 18.2 Å². The molecule has 7 heteroatoms. The van der Waals surface area contributed by atoms with Crippen LogP contribution in [0.25, 0.3) is 10.9 Å². The van der Waals surface area contributed by atoms with Crippen LogP contribution in [0.1, 0.15) is 10.4 Å². The van der Waals surface area contributed by atoms with E-state index in [0.717, 1.165) is 10.4 Å². The molecule has 1 aromatic heterocycles. The highest BCUT2D eigenvalue weighted by atomic mass is 19.4. The molecule has 1 N–H and O–H groups in total. The highest BCUT2D eigenvalue weighted by molar-refractivity contribution is 6.07. The molecule has 21 heavy (non-hydrogen) atoms. The van der Waals surface area contributed by atoms with Crippen molar-refractivity contribution >= 4 is 16.8 Å². The average molecular weight is 298 g/mol. The molecule has 1 amide bonds. The number of rotatable bonds is 1. The molecule has 2 aromatic rings. The number of para-hydroxylation sites is 1. The largest absolute Gasteiger partial charge is 0.420 e. The SMILES string of the molecule is Cn1cc(C(=O)N2CC(O)(C(F)(F)F)C2)c2ccccc21. The van der Waals surface area contributed by atoms with Crippen LogP contribution in [-0.2, 0) is 7.05 Å². The number of aromatic nitrogens is 1. The van der Waals surface area contributed by atoms with Crippen LogP contribution in [-0.4, -0.2) is 45.3 Å². The Balaban J connectivity index is 1.87. The van der Waals surface area contributed by atoms with Gasteiger partial charge in [-0.3, -0.25) is 4.79 Å². The summed E-state index contributed by atoms with van der Waals surface area (Å²) in [5.41, 5.74) is -1.61. The minimum Gasteiger partial charge on any atom is -0.378 e. The Labute approximate surface area is 118 Å². The molecule has 0 radical (unpaired) electrons. The van der Waals surface area contributed by atoms with E-state index in [4.69, 9.17) is 0 Å². The van der Waals surface area contributed by atoms with Gasteiger partial charge in [0.25, 0.3) is 5.91 Å². The number of hydrogen-bond acceptors (Lipinski definition) is 2. The second-order valence-electron chi connectivity index (χ2n) is 5.36. The first-order valence-corrected chi connectivity index (χ1v) is 6.35. The molecule has 0 unspecified atom stereocenters. The fourth-order valence-corrected chi connectivity index (χ4v) is 2.59. The van der Waals surface area contributed by atoms with Crippen LogP contribution >= 0.6 is 0 Å². The summed E-state index contributed by atoms with van der Waals surface area (Å²) in [6.45, 7) is -1.45. The number of nitrogens with zero attached hydrogens (tertiary/aromatic N) is 2. The molecule has 3 rings (SSSR count). The van der Waals surface area contributed by atoms with Crippen LogP contribution in [0, 0.1) is 0 Å². The van der Waals surface area contributed by atoms with E-state index in [1.165, 1.54) is 0 Å². The standard InChI is InChI=1S/C14H13F3N2O2/c1-18-6-10(9-4-2-3-5-11(9)18)12(20)19-7-13(21,8-19)14(15,16)17/h2-6,21H,7-8H2,1H3. The minimum atomic E-state index is -4.72. The van der Waals surface area contributed by atoms with Gasteiger partial charge in [-0.05, 0) is 6.07 Å². The molecular weight excluding hydrogens is 285 g/mol. The second kappa shape index (κ2) is 4.24. The molecule has 1 aromatic carbocycles. The zero-order valence-electron chi connectivity index (χ0n) is 11.2. The number of β-amino-alcohol motifs (C(OH)–C–C–N with tert-alkyl or cyclic N) is 1. The fourth-order valence-electron chi connectivity index (χ4n) is 2.59. The molecule has 2 heterocycles. The third-order valence-corrected chi connectivity index (χ3v) is 3.85. The summed E-state index contributed by atoms with van der Waals surface area (Å²) < 4.78 is 39.5. The number of aliphatic hydroxyl groups is 1. The van der Waals surface area contributed by atoms with Gasteiger partial charge in [0.1, 0.15) is 0 Å². The summed E-state index contributed by atoms with van der Waals surface area (Å²) in [5.74, 6) is -0.499. The van der Waals surface area contributed by atoms with Crippen molar-refractivity contribution in [3.8, 4) is 0 Å². The lowest BCUT2D eigenvalue weighted by atomic mass is 9.92. The molecule has 0 spiro atoms. The third kappa shape index (κ3) is 1.99. The molecule has 1 saturated heterocycles. The number of aryl methyl sites for hydroxylation is 1. The summed E-state index contributed by atoms with van der Waals surface area (Å²) >= 11 is 0. The zero-order chi connectivity index (χ0) is 15.4. The number of amides is 1. The Kier molecular flexibility index (Phi) is 2.81. The lowest BCUT2D eigenvalue weighted by molar-refractivity contribution is -0.294. The van der Waals surface area contributed by atoms with Gasteiger partial charge in [0.05, 0.1) is 18.7 Å². The van der Waals surface area contributed by atoms with Crippen LogP contribution in [0.15, 0.2) is 30.5 Å². The smallest absolute Gasteiger partial charge is 0.378 e. The molecule has 0 bridgehead atoms. The molecule has 0 saturated carbocycles. The van der Waals surface area contributed by atoms with Crippen molar-refractivity contribution in [2.75, 3.05) is 13.1 Å². The lowest BCUT2D eigenvalue weighted by Gasteiger charge is -2.46. The summed E-state index contributed by atoms with van der Waals surface area (Å²) in [6.07, 6.45) is -3.12. The second-order valence-corrected chi connectivity index (χ2v) is 5.36. The molecular formula is C14H13F3N2O2. The lowest BCUT2D eigenvalue weighted by Crippen LogP contribution is -2.70. The number of hydrogen-bond donors (Lipinski definition) is 1. The van der Waals surface area contributed by atoms with E-state index in [-0.39, 0.29) is 0 Å². The monoisotopic (exact) mass is 298 g/mol. The van der Waals surface area contributed by atoms with Crippen LogP contribution in [0.2, 0.25) is 0 Å². The van der Waals surface area contributed by atoms with E-state index in [1.54, 1.807) is 29.9 Å². The Morgan fingerprint density at radius 2 is 1.90 bits per heavy atom. The van der Waals surface area contributed by atoms with Crippen LogP contribution in [0.5, 0.6) is 0 Å². The Morgan fingerprint density at radius 3 is 2.52 bits per heavy atom. The number of alkyl halides is 3. The Bertz CT molecular complexity index is 715. The van der Waals surface area contributed by atoms with Gasteiger partial charge in [0.2, 0.25) is 0 Å². The predicted octanol–water partition coefficient (Wildman–Crippen LogP) is 1.93. The maximum Gasteiger partial charge on any atom is 0.420 e. The van der Waals surface area contributed by atoms with E-state index in [0.29, 0.717) is 10.9 Å². The summed E-state index contributed by atoms with van der Waals surface area (Å²) in [7, 11) is 1.77. The van der Waals surface area contributed by atoms with Crippen molar-refractivity contribution in [1.29, 1.82) is 0 Å². The highest BCUT2D eigenvalue weighted by Gasteiger charge is 2.62. The number of benzene rings is 1. The van der Waals surface area contributed by atoms with Crippen molar-refractivity contribution in [3.63, 3.8) is 0 Å². The fraction of sp³-hybridized carbons (Fsp3) is 0.357. The third-order valence-electron chi connectivity index (χ3n) is 3.85. The van der Waals surface area contributed by atoms with Crippen molar-refractivity contribution in [1.82, 2.24) is 9.47 Å². The topological polar surface area (TPSA) is 45.5 Å². The first kappa shape index (κ1) is 13.9. The number of carbonyl (C=O) groups excluding carboxylic acids is 1. The maximum absolute atomic E-state index is 12.6. The van der Waals surface area contributed by atoms with E-state index in [9.17, 15) is 23.1 Å². The van der Waals surface area contributed by atoms with E-state index < -0.39 is 30.8 Å². The van der Waals surface area contributed by atoms with Crippen molar-refractivity contribution in [3.05, 3.63) is 36.0 Å². The summed E-state index contributed by atoms with van der Waals surface area (Å²) in [4.78, 5) is 13.3. The molecule has 1 aliphatic heterocycles. The molecule has 0 atom stereocenters. The maximum atomic E-state index is 12.6. The van der Waals surface area contributed by atoms with Gasteiger partial charge in [0, 0.05) is 24.1 Å². The summed E-state index contributed by atoms with van der Waals surface area (Å²) in [6, 6.07) is 7.16. The van der Waals surface area contributed by atoms with Crippen LogP contribution in [0.3, 0.4) is 0 Å². The Morgan fingerprint density at radius 1 is 1.29 bits per heavy atom. The minimum absolute atomic E-state index is 0.345. The van der Waals surface area contributed by atoms with Gasteiger partial charge < -0.3 is 14.6 Å². The van der Waals surface area contributed by atoms with Gasteiger partial charge in [-0.25, -0.2) is 0 Å². The van der Waals surface area contributed by atoms with Crippen molar-refractivity contribution in [2.45, 2.75) is 11.8 Å². The van der Waals surface area contributed by atoms with E-state index in [1.807, 2.05) is 12.1 Å². The molecule has 1 fully saturated rings. The molecule has 112 valence electrons. The number of carbonyl (C=O) groups is 1. The average Bonchev–Trinajstić information content (AvgIpc) is 2.71. The van der Waals surface area contributed by atoms with Crippen molar-refractivity contribution in [2.24, 2.45) is 7.05 Å². The molecule has 4 nitrogen and oxygen atoms in total. The first-order valence-electron chi connectivity index (χ1n) is 6.35. The van der Waals surface area contributed by atoms with Gasteiger partial charge in [-0.15, -0.1) is 0 Å². The van der Waals surface area contributed by atoms with E-state index in [2.05, 4.69) is 0 Å². The molecule has 0 aliphatic carbocycles. The van der Waals surface area contributed by atoms with Gasteiger partial charge in [0.15, 0.2) is 5.60 Å². The quantitative estimate of drug-likeness (QED) is 0.874. The zero-order valence-corrected chi connectivity index (χ0v) is 11.2. The van der Waals surface area contributed by atoms with Crippen LogP contribution in [0.4, 0.5) is 13.2 Å². The molecule has 1 aliphatic rings. The van der Waals surface area contributed by atoms with Crippen molar-refractivity contribution < 1.29 is 23.1 Å².